The van der Waals surface area contributed by atoms with Crippen LogP contribution in [0.3, 0.4) is 0 Å². The number of sulfonamides is 1. The van der Waals surface area contributed by atoms with E-state index in [0.717, 1.165) is 19.3 Å². The monoisotopic (exact) mass is 358 g/mol. The van der Waals surface area contributed by atoms with E-state index in [9.17, 15) is 8.42 Å². The molecule has 114 valence electrons. The molecule has 0 aliphatic heterocycles. The standard InChI is InChI=1S/C12H16Cl2N2O2S.ClH/c13-9-4-5-10(14)12(6-9)19(17,18)16-11-3-1-2-8(11)7-15;/h4-6,8,11,16H,1-3,7,15H2;1H. The van der Waals surface area contributed by atoms with Crippen LogP contribution in [-0.4, -0.2) is 21.0 Å². The Morgan fingerprint density at radius 1 is 1.30 bits per heavy atom. The Hall–Kier alpha value is -0.0400. The van der Waals surface area contributed by atoms with Gasteiger partial charge in [-0.1, -0.05) is 29.6 Å². The lowest BCUT2D eigenvalue weighted by Gasteiger charge is -2.19. The molecule has 4 nitrogen and oxygen atoms in total. The predicted molar refractivity (Wildman–Crippen MR) is 84.2 cm³/mol. The average Bonchev–Trinajstić information content (AvgIpc) is 2.78. The Balaban J connectivity index is 0.00000200. The molecule has 1 aliphatic rings. The Bertz CT molecular complexity index is 566. The molecular formula is C12H17Cl3N2O2S. The zero-order valence-electron chi connectivity index (χ0n) is 10.7. The van der Waals surface area contributed by atoms with Gasteiger partial charge in [-0.05, 0) is 43.5 Å². The lowest BCUT2D eigenvalue weighted by atomic mass is 10.1. The first-order valence-electron chi connectivity index (χ1n) is 6.11. The summed E-state index contributed by atoms with van der Waals surface area (Å²) in [5.74, 6) is 0.188. The molecule has 3 N–H and O–H groups in total. The van der Waals surface area contributed by atoms with Gasteiger partial charge in [-0.3, -0.25) is 0 Å². The number of halogens is 3. The first kappa shape index (κ1) is 18.0. The van der Waals surface area contributed by atoms with E-state index in [2.05, 4.69) is 4.72 Å². The molecule has 20 heavy (non-hydrogen) atoms. The molecule has 1 saturated carbocycles. The van der Waals surface area contributed by atoms with Crippen molar-refractivity contribution < 1.29 is 8.42 Å². The fourth-order valence-corrected chi connectivity index (χ4v) is 4.52. The van der Waals surface area contributed by atoms with Crippen LogP contribution in [0.5, 0.6) is 0 Å². The number of benzene rings is 1. The molecule has 0 saturated heterocycles. The van der Waals surface area contributed by atoms with E-state index in [1.165, 1.54) is 12.1 Å². The Morgan fingerprint density at radius 2 is 2.00 bits per heavy atom. The minimum atomic E-state index is -3.66. The number of hydrogen-bond donors (Lipinski definition) is 2. The van der Waals surface area contributed by atoms with E-state index >= 15 is 0 Å². The van der Waals surface area contributed by atoms with Crippen LogP contribution in [0.1, 0.15) is 19.3 Å². The molecule has 0 radical (unpaired) electrons. The molecule has 1 aromatic carbocycles. The molecule has 0 amide bonds. The zero-order valence-corrected chi connectivity index (χ0v) is 13.8. The van der Waals surface area contributed by atoms with Crippen LogP contribution in [0.4, 0.5) is 0 Å². The molecule has 2 unspecified atom stereocenters. The van der Waals surface area contributed by atoms with E-state index in [0.29, 0.717) is 11.6 Å². The van der Waals surface area contributed by atoms with E-state index in [1.807, 2.05) is 0 Å². The molecule has 1 aliphatic carbocycles. The van der Waals surface area contributed by atoms with Gasteiger partial charge in [0.05, 0.1) is 5.02 Å². The van der Waals surface area contributed by atoms with Gasteiger partial charge in [0, 0.05) is 11.1 Å². The number of rotatable bonds is 4. The maximum absolute atomic E-state index is 12.3. The first-order valence-corrected chi connectivity index (χ1v) is 8.35. The highest BCUT2D eigenvalue weighted by Crippen LogP contribution is 2.29. The summed E-state index contributed by atoms with van der Waals surface area (Å²) in [4.78, 5) is 0.0179. The summed E-state index contributed by atoms with van der Waals surface area (Å²) in [5, 5.41) is 0.505. The fourth-order valence-electron chi connectivity index (χ4n) is 2.42. The highest BCUT2D eigenvalue weighted by atomic mass is 35.5. The van der Waals surface area contributed by atoms with Crippen molar-refractivity contribution in [2.24, 2.45) is 11.7 Å². The Labute approximate surface area is 135 Å². The Morgan fingerprint density at radius 3 is 2.65 bits per heavy atom. The van der Waals surface area contributed by atoms with Gasteiger partial charge in [0.2, 0.25) is 10.0 Å². The third kappa shape index (κ3) is 4.00. The van der Waals surface area contributed by atoms with Crippen molar-refractivity contribution in [1.82, 2.24) is 4.72 Å². The van der Waals surface area contributed by atoms with Gasteiger partial charge in [0.1, 0.15) is 4.90 Å². The molecule has 2 atom stereocenters. The summed E-state index contributed by atoms with van der Waals surface area (Å²) in [6.45, 7) is 0.483. The number of hydrogen-bond acceptors (Lipinski definition) is 3. The van der Waals surface area contributed by atoms with Gasteiger partial charge in [-0.2, -0.15) is 0 Å². The average molecular weight is 360 g/mol. The SMILES string of the molecule is Cl.NCC1CCCC1NS(=O)(=O)c1cc(Cl)ccc1Cl. The van der Waals surface area contributed by atoms with Crippen LogP contribution in [-0.2, 0) is 10.0 Å². The second kappa shape index (κ2) is 7.29. The molecule has 0 bridgehead atoms. The van der Waals surface area contributed by atoms with Crippen molar-refractivity contribution in [3.8, 4) is 0 Å². The molecule has 1 fully saturated rings. The zero-order chi connectivity index (χ0) is 14.0. The van der Waals surface area contributed by atoms with E-state index < -0.39 is 10.0 Å². The van der Waals surface area contributed by atoms with Crippen molar-refractivity contribution in [2.45, 2.75) is 30.2 Å². The van der Waals surface area contributed by atoms with Crippen molar-refractivity contribution in [2.75, 3.05) is 6.54 Å². The van der Waals surface area contributed by atoms with Gasteiger partial charge < -0.3 is 5.73 Å². The lowest BCUT2D eigenvalue weighted by Crippen LogP contribution is -2.39. The second-order valence-electron chi connectivity index (χ2n) is 4.73. The van der Waals surface area contributed by atoms with Crippen LogP contribution in [0.25, 0.3) is 0 Å². The van der Waals surface area contributed by atoms with Crippen molar-refractivity contribution in [3.05, 3.63) is 28.2 Å². The Kier molecular flexibility index (Phi) is 6.57. The largest absolute Gasteiger partial charge is 0.330 e. The second-order valence-corrected chi connectivity index (χ2v) is 7.26. The summed E-state index contributed by atoms with van der Waals surface area (Å²) in [5.41, 5.74) is 5.65. The van der Waals surface area contributed by atoms with E-state index in [1.54, 1.807) is 6.07 Å². The maximum atomic E-state index is 12.3. The normalized spacial score (nSPS) is 22.6. The first-order chi connectivity index (χ1) is 8.94. The summed E-state index contributed by atoms with van der Waals surface area (Å²) >= 11 is 11.8. The van der Waals surface area contributed by atoms with Gasteiger partial charge in [-0.25, -0.2) is 13.1 Å². The molecule has 1 aromatic rings. The van der Waals surface area contributed by atoms with Gasteiger partial charge in [0.15, 0.2) is 0 Å². The molecule has 0 aromatic heterocycles. The summed E-state index contributed by atoms with van der Waals surface area (Å²) in [6, 6.07) is 4.28. The minimum Gasteiger partial charge on any atom is -0.330 e. The van der Waals surface area contributed by atoms with Crippen molar-refractivity contribution in [3.63, 3.8) is 0 Å². The minimum absolute atomic E-state index is 0. The molecule has 2 rings (SSSR count). The summed E-state index contributed by atoms with van der Waals surface area (Å²) < 4.78 is 27.3. The van der Waals surface area contributed by atoms with Gasteiger partial charge >= 0.3 is 0 Å². The highest BCUT2D eigenvalue weighted by molar-refractivity contribution is 7.89. The quantitative estimate of drug-likeness (QED) is 0.868. The topological polar surface area (TPSA) is 72.2 Å². The molecular weight excluding hydrogens is 343 g/mol. The third-order valence-corrected chi connectivity index (χ3v) is 5.66. The van der Waals surface area contributed by atoms with Crippen molar-refractivity contribution >= 4 is 45.6 Å². The van der Waals surface area contributed by atoms with E-state index in [4.69, 9.17) is 28.9 Å². The lowest BCUT2D eigenvalue weighted by molar-refractivity contribution is 0.453. The smallest absolute Gasteiger partial charge is 0.242 e. The van der Waals surface area contributed by atoms with Gasteiger partial charge in [-0.15, -0.1) is 12.4 Å². The number of nitrogens with one attached hydrogen (secondary N) is 1. The van der Waals surface area contributed by atoms with Crippen LogP contribution < -0.4 is 10.5 Å². The molecule has 0 spiro atoms. The van der Waals surface area contributed by atoms with Crippen LogP contribution >= 0.6 is 35.6 Å². The van der Waals surface area contributed by atoms with Crippen molar-refractivity contribution in [1.29, 1.82) is 0 Å². The molecule has 0 heterocycles. The van der Waals surface area contributed by atoms with Gasteiger partial charge in [0.25, 0.3) is 0 Å². The number of nitrogens with two attached hydrogens (primary N) is 1. The van der Waals surface area contributed by atoms with Crippen LogP contribution in [0, 0.1) is 5.92 Å². The fraction of sp³-hybridized carbons (Fsp3) is 0.500. The summed E-state index contributed by atoms with van der Waals surface area (Å²) in [6.07, 6.45) is 2.74. The summed E-state index contributed by atoms with van der Waals surface area (Å²) in [7, 11) is -3.66. The third-order valence-electron chi connectivity index (χ3n) is 3.45. The van der Waals surface area contributed by atoms with Crippen LogP contribution in [0.2, 0.25) is 10.0 Å². The molecule has 8 heteroatoms. The van der Waals surface area contributed by atoms with Crippen LogP contribution in [0.15, 0.2) is 23.1 Å². The predicted octanol–water partition coefficient (Wildman–Crippen LogP) is 2.82. The van der Waals surface area contributed by atoms with E-state index in [-0.39, 0.29) is 34.3 Å². The maximum Gasteiger partial charge on any atom is 0.242 e. The highest BCUT2D eigenvalue weighted by Gasteiger charge is 2.31.